The maximum absolute atomic E-state index is 13.4. The molecule has 3 heterocycles. The minimum Gasteiger partial charge on any atom is -0.394 e. The molecule has 33 heavy (non-hydrogen) atoms. The van der Waals surface area contributed by atoms with Gasteiger partial charge in [-0.15, -0.1) is 9.49 Å². The summed E-state index contributed by atoms with van der Waals surface area (Å²) in [6, 6.07) is 16.1. The normalized spacial score (nSPS) is 13.3. The number of aliphatic hydroxyl groups excluding tert-OH is 1. The average Bonchev–Trinajstić information content (AvgIpc) is 3.43. The minimum absolute atomic E-state index is 0.0408. The second-order valence-corrected chi connectivity index (χ2v) is 7.45. The maximum Gasteiger partial charge on any atom is 0.402 e. The third kappa shape index (κ3) is 4.23. The van der Waals surface area contributed by atoms with E-state index >= 15 is 0 Å². The van der Waals surface area contributed by atoms with Gasteiger partial charge >= 0.3 is 6.14 Å². The lowest BCUT2D eigenvalue weighted by molar-refractivity contribution is 0.0965. The molecule has 9 nitrogen and oxygen atoms in total. The molecule has 0 saturated heterocycles. The predicted octanol–water partition coefficient (Wildman–Crippen LogP) is 3.40. The fourth-order valence-corrected chi connectivity index (χ4v) is 3.69. The molecule has 1 aliphatic rings. The molecule has 0 aliphatic carbocycles. The third-order valence-corrected chi connectivity index (χ3v) is 5.31. The smallest absolute Gasteiger partial charge is 0.394 e. The Bertz CT molecular complexity index is 1310. The summed E-state index contributed by atoms with van der Waals surface area (Å²) in [5, 5.41) is 26.2. The molecule has 0 spiro atoms. The van der Waals surface area contributed by atoms with Gasteiger partial charge in [-0.1, -0.05) is 35.4 Å². The van der Waals surface area contributed by atoms with E-state index in [-0.39, 0.29) is 18.4 Å². The Morgan fingerprint density at radius 3 is 2.73 bits per heavy atom. The van der Waals surface area contributed by atoms with Gasteiger partial charge in [-0.25, -0.2) is 4.98 Å². The molecule has 4 aromatic rings. The summed E-state index contributed by atoms with van der Waals surface area (Å²) in [6.07, 6.45) is 0.427. The molecule has 1 amide bonds. The Hall–Kier alpha value is -4.31. The molecule has 4 N–H and O–H groups in total. The number of hydrogen-bond donors (Lipinski definition) is 4. The molecule has 2 aromatic heterocycles. The lowest BCUT2D eigenvalue weighted by Gasteiger charge is -2.20. The van der Waals surface area contributed by atoms with E-state index in [2.05, 4.69) is 31.1 Å². The quantitative estimate of drug-likeness (QED) is 0.340. The van der Waals surface area contributed by atoms with Crippen molar-refractivity contribution in [2.45, 2.75) is 12.6 Å². The largest absolute Gasteiger partial charge is 0.402 e. The Labute approximate surface area is 187 Å². The lowest BCUT2D eigenvalue weighted by atomic mass is 10.1. The standard InChI is InChI=1S/C23H19FN6O3/c24-23-30-29-22(33-23)17-11-25-20(27-15-6-7-16-14(8-15)10-26-21(16)32)9-18(17)28-19(12-31)13-4-2-1-3-5-13/h1-9,11,19,31H,10,12H2,(H,26,32)(H2,25,27,28)/t19-/m1/s1. The van der Waals surface area contributed by atoms with E-state index in [1.54, 1.807) is 18.2 Å². The van der Waals surface area contributed by atoms with Gasteiger partial charge in [0, 0.05) is 30.1 Å². The number of nitrogens with one attached hydrogen (secondary N) is 3. The third-order valence-electron chi connectivity index (χ3n) is 5.31. The summed E-state index contributed by atoms with van der Waals surface area (Å²) < 4.78 is 18.3. The zero-order valence-electron chi connectivity index (χ0n) is 17.2. The molecular formula is C23H19FN6O3. The SMILES string of the molecule is O=C1NCc2cc(Nc3cc(N[C@H](CO)c4ccccc4)c(-c4nnc(F)o4)cn3)ccc21. The first-order chi connectivity index (χ1) is 16.1. The number of aliphatic hydroxyl groups is 1. The van der Waals surface area contributed by atoms with Gasteiger partial charge in [0.15, 0.2) is 0 Å². The first kappa shape index (κ1) is 20.6. The molecule has 10 heteroatoms. The number of carbonyl (C=O) groups excluding carboxylic acids is 1. The zero-order valence-corrected chi connectivity index (χ0v) is 17.2. The van der Waals surface area contributed by atoms with Gasteiger partial charge in [-0.3, -0.25) is 4.79 Å². The van der Waals surface area contributed by atoms with Gasteiger partial charge in [0.2, 0.25) is 0 Å². The number of hydrogen-bond acceptors (Lipinski definition) is 8. The van der Waals surface area contributed by atoms with Crippen molar-refractivity contribution in [3.05, 3.63) is 83.6 Å². The van der Waals surface area contributed by atoms with Crippen molar-refractivity contribution in [1.82, 2.24) is 20.5 Å². The number of pyridine rings is 1. The van der Waals surface area contributed by atoms with Gasteiger partial charge in [-0.05, 0) is 29.3 Å². The Balaban J connectivity index is 1.48. The van der Waals surface area contributed by atoms with Crippen molar-refractivity contribution < 1.29 is 18.7 Å². The van der Waals surface area contributed by atoms with Gasteiger partial charge in [-0.2, -0.15) is 0 Å². The first-order valence-electron chi connectivity index (χ1n) is 10.2. The van der Waals surface area contributed by atoms with Crippen molar-refractivity contribution in [2.24, 2.45) is 0 Å². The van der Waals surface area contributed by atoms with Crippen LogP contribution in [0.3, 0.4) is 0 Å². The van der Waals surface area contributed by atoms with Crippen LogP contribution in [0, 0.1) is 6.14 Å². The van der Waals surface area contributed by atoms with Crippen molar-refractivity contribution >= 4 is 23.1 Å². The Morgan fingerprint density at radius 2 is 1.97 bits per heavy atom. The average molecular weight is 446 g/mol. The van der Waals surface area contributed by atoms with Gasteiger partial charge in [0.05, 0.1) is 23.9 Å². The van der Waals surface area contributed by atoms with Gasteiger partial charge < -0.3 is 25.5 Å². The summed E-state index contributed by atoms with van der Waals surface area (Å²) in [4.78, 5) is 16.2. The van der Waals surface area contributed by atoms with Gasteiger partial charge in [0.1, 0.15) is 5.82 Å². The molecule has 2 aromatic carbocycles. The van der Waals surface area contributed by atoms with Crippen LogP contribution in [0.25, 0.3) is 11.5 Å². The monoisotopic (exact) mass is 446 g/mol. The summed E-state index contributed by atoms with van der Waals surface area (Å²) in [5.74, 6) is 0.359. The molecule has 0 fully saturated rings. The van der Waals surface area contributed by atoms with Crippen LogP contribution in [-0.2, 0) is 6.54 Å². The molecule has 0 saturated carbocycles. The highest BCUT2D eigenvalue weighted by Gasteiger charge is 2.20. The van der Waals surface area contributed by atoms with E-state index in [0.29, 0.717) is 29.2 Å². The number of halogens is 1. The molecular weight excluding hydrogens is 427 g/mol. The molecule has 166 valence electrons. The zero-order chi connectivity index (χ0) is 22.8. The van der Waals surface area contributed by atoms with E-state index in [1.807, 2.05) is 36.4 Å². The Morgan fingerprint density at radius 1 is 1.12 bits per heavy atom. The highest BCUT2D eigenvalue weighted by atomic mass is 19.1. The van der Waals surface area contributed by atoms with E-state index < -0.39 is 12.2 Å². The number of fused-ring (bicyclic) bond motifs is 1. The predicted molar refractivity (Wildman–Crippen MR) is 118 cm³/mol. The van der Waals surface area contributed by atoms with Crippen LogP contribution in [0.15, 0.2) is 65.2 Å². The minimum atomic E-state index is -1.05. The summed E-state index contributed by atoms with van der Waals surface area (Å²) in [6.45, 7) is 0.291. The molecule has 0 radical (unpaired) electrons. The highest BCUT2D eigenvalue weighted by Crippen LogP contribution is 2.32. The van der Waals surface area contributed by atoms with Crippen LogP contribution in [-0.4, -0.2) is 32.8 Å². The van der Waals surface area contributed by atoms with E-state index in [0.717, 1.165) is 16.8 Å². The first-order valence-corrected chi connectivity index (χ1v) is 10.2. The molecule has 1 atom stereocenters. The Kier molecular flexibility index (Phi) is 5.41. The number of benzene rings is 2. The fraction of sp³-hybridized carbons (Fsp3) is 0.130. The molecule has 0 unspecified atom stereocenters. The van der Waals surface area contributed by atoms with Crippen LogP contribution in [0.1, 0.15) is 27.5 Å². The van der Waals surface area contributed by atoms with Crippen LogP contribution < -0.4 is 16.0 Å². The number of anilines is 3. The number of nitrogens with zero attached hydrogens (tertiary/aromatic N) is 3. The number of carbonyl (C=O) groups is 1. The van der Waals surface area contributed by atoms with Crippen LogP contribution >= 0.6 is 0 Å². The van der Waals surface area contributed by atoms with Crippen molar-refractivity contribution in [2.75, 3.05) is 17.2 Å². The summed E-state index contributed by atoms with van der Waals surface area (Å²) in [5.41, 5.74) is 4.06. The van der Waals surface area contributed by atoms with E-state index in [1.165, 1.54) is 6.20 Å². The number of amides is 1. The lowest BCUT2D eigenvalue weighted by Crippen LogP contribution is -2.15. The van der Waals surface area contributed by atoms with Crippen LogP contribution in [0.4, 0.5) is 21.6 Å². The molecule has 0 bridgehead atoms. The summed E-state index contributed by atoms with van der Waals surface area (Å²) >= 11 is 0. The molecule has 1 aliphatic heterocycles. The number of rotatable bonds is 7. The fourth-order valence-electron chi connectivity index (χ4n) is 3.69. The van der Waals surface area contributed by atoms with E-state index in [9.17, 15) is 14.3 Å². The van der Waals surface area contributed by atoms with Crippen molar-refractivity contribution in [3.8, 4) is 11.5 Å². The number of aromatic nitrogens is 3. The summed E-state index contributed by atoms with van der Waals surface area (Å²) in [7, 11) is 0. The topological polar surface area (TPSA) is 125 Å². The highest BCUT2D eigenvalue weighted by molar-refractivity contribution is 5.98. The second kappa shape index (κ2) is 8.67. The van der Waals surface area contributed by atoms with Crippen LogP contribution in [0.5, 0.6) is 0 Å². The van der Waals surface area contributed by atoms with Crippen LogP contribution in [0.2, 0.25) is 0 Å². The van der Waals surface area contributed by atoms with Crippen molar-refractivity contribution in [3.63, 3.8) is 0 Å². The van der Waals surface area contributed by atoms with Gasteiger partial charge in [0.25, 0.3) is 11.8 Å². The maximum atomic E-state index is 13.4. The van der Waals surface area contributed by atoms with E-state index in [4.69, 9.17) is 4.42 Å². The van der Waals surface area contributed by atoms with Crippen molar-refractivity contribution in [1.29, 1.82) is 0 Å². The molecule has 5 rings (SSSR count). The second-order valence-electron chi connectivity index (χ2n) is 7.45.